The zero-order chi connectivity index (χ0) is 26.9. The molecule has 0 aromatic heterocycles. The van der Waals surface area contributed by atoms with Crippen LogP contribution in [0.2, 0.25) is 0 Å². The molecule has 0 aliphatic carbocycles. The van der Waals surface area contributed by atoms with Gasteiger partial charge in [-0.05, 0) is 63.4 Å². The molecule has 0 aliphatic heterocycles. The van der Waals surface area contributed by atoms with Gasteiger partial charge in [0.2, 0.25) is 21.8 Å². The van der Waals surface area contributed by atoms with E-state index in [-0.39, 0.29) is 37.4 Å². The van der Waals surface area contributed by atoms with E-state index in [1.165, 1.54) is 4.31 Å². The van der Waals surface area contributed by atoms with E-state index >= 15 is 0 Å². The molecular weight excluding hydrogens is 478 g/mol. The minimum atomic E-state index is -3.52. The lowest BCUT2D eigenvalue weighted by molar-refractivity contribution is -0.140. The summed E-state index contributed by atoms with van der Waals surface area (Å²) in [7, 11) is -1.93. The Morgan fingerprint density at radius 1 is 1.03 bits per heavy atom. The summed E-state index contributed by atoms with van der Waals surface area (Å²) in [5.74, 6) is 0.273. The van der Waals surface area contributed by atoms with Crippen LogP contribution >= 0.6 is 0 Å². The van der Waals surface area contributed by atoms with Crippen molar-refractivity contribution in [3.63, 3.8) is 0 Å². The molecule has 0 spiro atoms. The number of ether oxygens (including phenoxy) is 1. The number of hydrogen-bond donors (Lipinski definition) is 1. The lowest BCUT2D eigenvalue weighted by atomic mass is 10.1. The monoisotopic (exact) mass is 517 g/mol. The van der Waals surface area contributed by atoms with Crippen molar-refractivity contribution < 1.29 is 22.7 Å². The molecule has 0 fully saturated rings. The molecule has 0 heterocycles. The van der Waals surface area contributed by atoms with Crippen molar-refractivity contribution in [2.45, 2.75) is 65.6 Å². The maximum atomic E-state index is 13.3. The predicted molar refractivity (Wildman–Crippen MR) is 144 cm³/mol. The number of hydrogen-bond acceptors (Lipinski definition) is 5. The highest BCUT2D eigenvalue weighted by molar-refractivity contribution is 7.92. The van der Waals surface area contributed by atoms with Gasteiger partial charge in [-0.25, -0.2) is 8.42 Å². The number of aryl methyl sites for hydroxylation is 1. The molecule has 2 rings (SSSR count). The summed E-state index contributed by atoms with van der Waals surface area (Å²) in [5, 5.41) is 2.95. The van der Waals surface area contributed by atoms with E-state index in [0.29, 0.717) is 17.9 Å². The predicted octanol–water partition coefficient (Wildman–Crippen LogP) is 3.88. The zero-order valence-corrected chi connectivity index (χ0v) is 23.0. The summed E-state index contributed by atoms with van der Waals surface area (Å²) < 4.78 is 31.4. The van der Waals surface area contributed by atoms with Crippen molar-refractivity contribution in [3.8, 4) is 5.75 Å². The number of anilines is 1. The minimum Gasteiger partial charge on any atom is -0.497 e. The Kier molecular flexibility index (Phi) is 10.8. The second kappa shape index (κ2) is 13.3. The van der Waals surface area contributed by atoms with Gasteiger partial charge in [0.25, 0.3) is 0 Å². The first-order chi connectivity index (χ1) is 17.0. The van der Waals surface area contributed by atoms with Gasteiger partial charge >= 0.3 is 0 Å². The Morgan fingerprint density at radius 2 is 1.64 bits per heavy atom. The van der Waals surface area contributed by atoms with Crippen molar-refractivity contribution in [3.05, 3.63) is 59.7 Å². The van der Waals surface area contributed by atoms with Crippen molar-refractivity contribution in [2.75, 3.05) is 24.2 Å². The van der Waals surface area contributed by atoms with Gasteiger partial charge in [-0.2, -0.15) is 0 Å². The molecule has 0 aliphatic rings. The first-order valence-electron chi connectivity index (χ1n) is 12.2. The Morgan fingerprint density at radius 3 is 2.17 bits per heavy atom. The van der Waals surface area contributed by atoms with Crippen LogP contribution in [0.25, 0.3) is 0 Å². The summed E-state index contributed by atoms with van der Waals surface area (Å²) >= 11 is 0. The van der Waals surface area contributed by atoms with Crippen LogP contribution in [0.15, 0.2) is 48.5 Å². The van der Waals surface area contributed by atoms with Gasteiger partial charge in [-0.15, -0.1) is 0 Å². The summed E-state index contributed by atoms with van der Waals surface area (Å²) in [6, 6.07) is 13.9. The number of sulfonamides is 1. The van der Waals surface area contributed by atoms with E-state index in [1.807, 2.05) is 57.2 Å². The van der Waals surface area contributed by atoms with Crippen LogP contribution in [-0.4, -0.2) is 57.1 Å². The van der Waals surface area contributed by atoms with Gasteiger partial charge in [0.1, 0.15) is 11.8 Å². The number of nitrogens with zero attached hydrogens (tertiary/aromatic N) is 2. The van der Waals surface area contributed by atoms with Gasteiger partial charge in [0.05, 0.1) is 19.1 Å². The van der Waals surface area contributed by atoms with Crippen LogP contribution in [0.1, 0.15) is 51.2 Å². The highest BCUT2D eigenvalue weighted by Crippen LogP contribution is 2.20. The molecule has 198 valence electrons. The molecule has 9 heteroatoms. The van der Waals surface area contributed by atoms with Crippen molar-refractivity contribution in [1.29, 1.82) is 0 Å². The van der Waals surface area contributed by atoms with Crippen LogP contribution < -0.4 is 14.4 Å². The number of carbonyl (C=O) groups is 2. The molecule has 2 aromatic rings. The third kappa shape index (κ3) is 8.55. The Bertz CT molecular complexity index is 1100. The molecule has 2 atom stereocenters. The van der Waals surface area contributed by atoms with Gasteiger partial charge in [0, 0.05) is 25.6 Å². The van der Waals surface area contributed by atoms with Gasteiger partial charge < -0.3 is 15.0 Å². The largest absolute Gasteiger partial charge is 0.497 e. The third-order valence-corrected chi connectivity index (χ3v) is 7.35. The molecule has 1 N–H and O–H groups in total. The fraction of sp³-hybridized carbons (Fsp3) is 0.481. The average Bonchev–Trinajstić information content (AvgIpc) is 2.84. The van der Waals surface area contributed by atoms with Crippen LogP contribution in [-0.2, 0) is 26.2 Å². The molecular formula is C27H39N3O5S. The second-order valence-corrected chi connectivity index (χ2v) is 11.0. The van der Waals surface area contributed by atoms with Crippen molar-refractivity contribution >= 4 is 27.5 Å². The maximum absolute atomic E-state index is 13.3. The normalized spacial score (nSPS) is 12.9. The summed E-state index contributed by atoms with van der Waals surface area (Å²) in [6.07, 6.45) is 2.37. The average molecular weight is 518 g/mol. The van der Waals surface area contributed by atoms with E-state index in [9.17, 15) is 18.0 Å². The van der Waals surface area contributed by atoms with Gasteiger partial charge in [-0.3, -0.25) is 13.9 Å². The first-order valence-corrected chi connectivity index (χ1v) is 14.1. The molecule has 8 nitrogen and oxygen atoms in total. The summed E-state index contributed by atoms with van der Waals surface area (Å²) in [5.41, 5.74) is 2.46. The second-order valence-electron chi connectivity index (χ2n) is 9.14. The molecule has 2 amide bonds. The zero-order valence-electron chi connectivity index (χ0n) is 22.2. The van der Waals surface area contributed by atoms with Crippen LogP contribution in [0.3, 0.4) is 0 Å². The van der Waals surface area contributed by atoms with E-state index in [0.717, 1.165) is 23.8 Å². The Labute approximate surface area is 215 Å². The topological polar surface area (TPSA) is 96.0 Å². The number of methoxy groups -OCH3 is 1. The molecule has 2 aromatic carbocycles. The highest BCUT2D eigenvalue weighted by Gasteiger charge is 2.27. The van der Waals surface area contributed by atoms with Gasteiger partial charge in [0.15, 0.2) is 0 Å². The smallest absolute Gasteiger partial charge is 0.242 e. The third-order valence-electron chi connectivity index (χ3n) is 6.15. The molecule has 0 unspecified atom stereocenters. The number of rotatable bonds is 13. The first kappa shape index (κ1) is 29.2. The highest BCUT2D eigenvalue weighted by atomic mass is 32.2. The quantitative estimate of drug-likeness (QED) is 0.435. The number of benzene rings is 2. The van der Waals surface area contributed by atoms with E-state index in [1.54, 1.807) is 31.1 Å². The molecule has 0 saturated heterocycles. The molecule has 0 radical (unpaired) electrons. The lowest BCUT2D eigenvalue weighted by Crippen LogP contribution is -2.49. The van der Waals surface area contributed by atoms with E-state index < -0.39 is 16.1 Å². The molecule has 0 bridgehead atoms. The summed E-state index contributed by atoms with van der Waals surface area (Å²) in [6.45, 7) is 7.98. The number of amides is 2. The van der Waals surface area contributed by atoms with Crippen LogP contribution in [0.5, 0.6) is 5.75 Å². The number of nitrogens with one attached hydrogen (secondary N) is 1. The Hall–Kier alpha value is -3.07. The number of carbonyl (C=O) groups excluding carboxylic acids is 2. The molecule has 0 saturated carbocycles. The van der Waals surface area contributed by atoms with Crippen LogP contribution in [0.4, 0.5) is 5.69 Å². The standard InChI is InChI=1S/C27H39N3O5S/c1-7-21(3)28-27(32)22(4)29(19-23-12-16-25(35-5)17-13-23)26(31)9-8-18-30(36(6,33)34)24-14-10-20(2)11-15-24/h10-17,21-22H,7-9,18-19H2,1-6H3,(H,28,32)/t21-,22-/m1/s1. The minimum absolute atomic E-state index is 0.00397. The van der Waals surface area contributed by atoms with Crippen molar-refractivity contribution in [2.24, 2.45) is 0 Å². The van der Waals surface area contributed by atoms with Crippen molar-refractivity contribution in [1.82, 2.24) is 10.2 Å². The molecule has 36 heavy (non-hydrogen) atoms. The maximum Gasteiger partial charge on any atom is 0.242 e. The fourth-order valence-corrected chi connectivity index (χ4v) is 4.66. The summed E-state index contributed by atoms with van der Waals surface area (Å²) in [4.78, 5) is 27.8. The van der Waals surface area contributed by atoms with E-state index in [4.69, 9.17) is 4.74 Å². The van der Waals surface area contributed by atoms with Crippen LogP contribution in [0, 0.1) is 6.92 Å². The Balaban J connectivity index is 2.17. The van der Waals surface area contributed by atoms with E-state index in [2.05, 4.69) is 5.32 Å². The SMILES string of the molecule is CC[C@@H](C)NC(=O)[C@@H](C)N(Cc1ccc(OC)cc1)C(=O)CCCN(c1ccc(C)cc1)S(C)(=O)=O. The van der Waals surface area contributed by atoms with Gasteiger partial charge in [-0.1, -0.05) is 36.8 Å². The fourth-order valence-electron chi connectivity index (χ4n) is 3.69. The lowest BCUT2D eigenvalue weighted by Gasteiger charge is -2.30.